The van der Waals surface area contributed by atoms with Gasteiger partial charge in [0.2, 0.25) is 0 Å². The Hall–Kier alpha value is -1.83. The second kappa shape index (κ2) is 7.19. The van der Waals surface area contributed by atoms with E-state index in [1.807, 2.05) is 29.2 Å². The molecule has 0 unspecified atom stereocenters. The molecule has 1 aromatic rings. The molecule has 3 fully saturated rings. The van der Waals surface area contributed by atoms with Crippen molar-refractivity contribution >= 4 is 17.4 Å². The molecular formula is C18H25N3O4. The molecule has 7 nitrogen and oxygen atoms in total. The molecule has 0 aliphatic carbocycles. The molecule has 1 aromatic carbocycles. The molecular weight excluding hydrogens is 322 g/mol. The minimum Gasteiger partial charge on any atom is -0.378 e. The zero-order valence-electron chi connectivity index (χ0n) is 14.4. The van der Waals surface area contributed by atoms with Crippen LogP contribution in [-0.4, -0.2) is 69.3 Å². The van der Waals surface area contributed by atoms with Gasteiger partial charge in [-0.05, 0) is 12.1 Å². The van der Waals surface area contributed by atoms with Gasteiger partial charge >= 0.3 is 6.03 Å². The van der Waals surface area contributed by atoms with Gasteiger partial charge in [0, 0.05) is 39.0 Å². The van der Waals surface area contributed by atoms with E-state index in [0.29, 0.717) is 26.3 Å². The summed E-state index contributed by atoms with van der Waals surface area (Å²) in [7, 11) is 0. The van der Waals surface area contributed by atoms with Crippen LogP contribution in [0.5, 0.6) is 0 Å². The number of likely N-dealkylation sites (tertiary alicyclic amines) is 1. The molecule has 4 rings (SSSR count). The van der Waals surface area contributed by atoms with Crippen molar-refractivity contribution in [1.29, 1.82) is 0 Å². The summed E-state index contributed by atoms with van der Waals surface area (Å²) >= 11 is 0. The monoisotopic (exact) mass is 347 g/mol. The second-order valence-corrected chi connectivity index (χ2v) is 6.64. The Morgan fingerprint density at radius 3 is 2.36 bits per heavy atom. The lowest BCUT2D eigenvalue weighted by Crippen LogP contribution is -2.48. The number of carbonyl (C=O) groups is 1. The van der Waals surface area contributed by atoms with E-state index in [0.717, 1.165) is 50.5 Å². The number of hydrogen-bond acceptors (Lipinski definition) is 5. The first-order valence-corrected chi connectivity index (χ1v) is 9.01. The number of para-hydroxylation sites is 2. The van der Waals surface area contributed by atoms with Gasteiger partial charge in [0.1, 0.15) is 0 Å². The summed E-state index contributed by atoms with van der Waals surface area (Å²) in [6, 6.07) is 7.89. The van der Waals surface area contributed by atoms with Crippen molar-refractivity contribution in [3.63, 3.8) is 0 Å². The number of rotatable bonds is 2. The first-order chi connectivity index (χ1) is 12.3. The Bertz CT molecular complexity index is 602. The van der Waals surface area contributed by atoms with E-state index in [9.17, 15) is 4.79 Å². The van der Waals surface area contributed by atoms with E-state index < -0.39 is 5.79 Å². The van der Waals surface area contributed by atoms with Gasteiger partial charge in [-0.2, -0.15) is 0 Å². The summed E-state index contributed by atoms with van der Waals surface area (Å²) in [5, 5.41) is 3.08. The van der Waals surface area contributed by atoms with Gasteiger partial charge in [-0.25, -0.2) is 4.79 Å². The SMILES string of the molecule is O=C(Nc1ccccc1N1CCOCC1)N1CCC2(CC1)OCCO2. The lowest BCUT2D eigenvalue weighted by molar-refractivity contribution is -0.181. The fourth-order valence-electron chi connectivity index (χ4n) is 3.69. The zero-order chi connectivity index (χ0) is 17.1. The maximum atomic E-state index is 12.7. The molecule has 1 N–H and O–H groups in total. The first-order valence-electron chi connectivity index (χ1n) is 9.01. The molecule has 7 heteroatoms. The Morgan fingerprint density at radius 2 is 1.64 bits per heavy atom. The molecule has 1 spiro atoms. The number of piperidine rings is 1. The minimum atomic E-state index is -0.456. The summed E-state index contributed by atoms with van der Waals surface area (Å²) in [6.45, 7) is 5.71. The molecule has 3 saturated heterocycles. The van der Waals surface area contributed by atoms with Crippen molar-refractivity contribution in [3.05, 3.63) is 24.3 Å². The lowest BCUT2D eigenvalue weighted by Gasteiger charge is -2.37. The Morgan fingerprint density at radius 1 is 0.960 bits per heavy atom. The van der Waals surface area contributed by atoms with E-state index in [1.54, 1.807) is 0 Å². The molecule has 25 heavy (non-hydrogen) atoms. The highest BCUT2D eigenvalue weighted by Gasteiger charge is 2.40. The van der Waals surface area contributed by atoms with E-state index in [4.69, 9.17) is 14.2 Å². The van der Waals surface area contributed by atoms with Crippen LogP contribution in [0.25, 0.3) is 0 Å². The van der Waals surface area contributed by atoms with Crippen LogP contribution >= 0.6 is 0 Å². The third-order valence-corrected chi connectivity index (χ3v) is 5.12. The maximum Gasteiger partial charge on any atom is 0.321 e. The van der Waals surface area contributed by atoms with E-state index in [-0.39, 0.29) is 6.03 Å². The lowest BCUT2D eigenvalue weighted by atomic mass is 10.0. The van der Waals surface area contributed by atoms with Gasteiger partial charge in [0.25, 0.3) is 0 Å². The standard InChI is InChI=1S/C18H25N3O4/c22-17(21-7-5-18(6-8-21)24-13-14-25-18)19-15-3-1-2-4-16(15)20-9-11-23-12-10-20/h1-4H,5-14H2,(H,19,22). The second-order valence-electron chi connectivity index (χ2n) is 6.64. The summed E-state index contributed by atoms with van der Waals surface area (Å²) in [4.78, 5) is 16.8. The predicted octanol–water partition coefficient (Wildman–Crippen LogP) is 1.89. The highest BCUT2D eigenvalue weighted by atomic mass is 16.7. The van der Waals surface area contributed by atoms with Gasteiger partial charge < -0.3 is 29.3 Å². The molecule has 0 aromatic heterocycles. The number of nitrogens with zero attached hydrogens (tertiary/aromatic N) is 2. The molecule has 136 valence electrons. The summed E-state index contributed by atoms with van der Waals surface area (Å²) in [5.74, 6) is -0.456. The number of morpholine rings is 1. The third-order valence-electron chi connectivity index (χ3n) is 5.12. The molecule has 0 bridgehead atoms. The number of anilines is 2. The average Bonchev–Trinajstić information content (AvgIpc) is 3.11. The Kier molecular flexibility index (Phi) is 4.78. The number of carbonyl (C=O) groups excluding carboxylic acids is 1. The van der Waals surface area contributed by atoms with Crippen LogP contribution in [0.4, 0.5) is 16.2 Å². The van der Waals surface area contributed by atoms with Crippen molar-refractivity contribution in [2.75, 3.05) is 62.8 Å². The van der Waals surface area contributed by atoms with Gasteiger partial charge in [-0.15, -0.1) is 0 Å². The van der Waals surface area contributed by atoms with Crippen LogP contribution < -0.4 is 10.2 Å². The normalized spacial score (nSPS) is 23.0. The van der Waals surface area contributed by atoms with E-state index in [2.05, 4.69) is 10.2 Å². The van der Waals surface area contributed by atoms with Crippen LogP contribution in [0, 0.1) is 0 Å². The highest BCUT2D eigenvalue weighted by molar-refractivity contribution is 5.93. The molecule has 0 atom stereocenters. The van der Waals surface area contributed by atoms with Crippen LogP contribution in [0.1, 0.15) is 12.8 Å². The number of nitrogens with one attached hydrogen (secondary N) is 1. The van der Waals surface area contributed by atoms with Gasteiger partial charge in [-0.1, -0.05) is 12.1 Å². The van der Waals surface area contributed by atoms with Crippen molar-refractivity contribution in [3.8, 4) is 0 Å². The van der Waals surface area contributed by atoms with Gasteiger partial charge in [0.15, 0.2) is 5.79 Å². The third kappa shape index (κ3) is 3.58. The molecule has 2 amide bonds. The maximum absolute atomic E-state index is 12.7. The average molecular weight is 347 g/mol. The molecule has 3 aliphatic heterocycles. The van der Waals surface area contributed by atoms with Crippen molar-refractivity contribution in [2.45, 2.75) is 18.6 Å². The Balaban J connectivity index is 1.39. The molecule has 3 heterocycles. The van der Waals surface area contributed by atoms with Crippen LogP contribution in [-0.2, 0) is 14.2 Å². The van der Waals surface area contributed by atoms with Crippen molar-refractivity contribution in [2.24, 2.45) is 0 Å². The Labute approximate surface area is 147 Å². The molecule has 3 aliphatic rings. The van der Waals surface area contributed by atoms with E-state index in [1.165, 1.54) is 0 Å². The van der Waals surface area contributed by atoms with Crippen LogP contribution in [0.15, 0.2) is 24.3 Å². The van der Waals surface area contributed by atoms with Crippen molar-refractivity contribution < 1.29 is 19.0 Å². The fraction of sp³-hybridized carbons (Fsp3) is 0.611. The highest BCUT2D eigenvalue weighted by Crippen LogP contribution is 2.32. The molecule has 0 saturated carbocycles. The molecule has 0 radical (unpaired) electrons. The van der Waals surface area contributed by atoms with Crippen molar-refractivity contribution in [1.82, 2.24) is 4.90 Å². The van der Waals surface area contributed by atoms with Crippen LogP contribution in [0.2, 0.25) is 0 Å². The smallest absolute Gasteiger partial charge is 0.321 e. The number of ether oxygens (including phenoxy) is 3. The topological polar surface area (TPSA) is 63.3 Å². The predicted molar refractivity (Wildman–Crippen MR) is 93.9 cm³/mol. The first kappa shape index (κ1) is 16.6. The minimum absolute atomic E-state index is 0.0615. The largest absolute Gasteiger partial charge is 0.378 e. The zero-order valence-corrected chi connectivity index (χ0v) is 14.4. The number of hydrogen-bond donors (Lipinski definition) is 1. The number of benzene rings is 1. The summed E-state index contributed by atoms with van der Waals surface area (Å²) < 4.78 is 16.9. The number of amides is 2. The van der Waals surface area contributed by atoms with E-state index >= 15 is 0 Å². The summed E-state index contributed by atoms with van der Waals surface area (Å²) in [5.41, 5.74) is 1.90. The fourth-order valence-corrected chi connectivity index (χ4v) is 3.69. The van der Waals surface area contributed by atoms with Gasteiger partial charge in [0.05, 0.1) is 37.8 Å². The van der Waals surface area contributed by atoms with Crippen LogP contribution in [0.3, 0.4) is 0 Å². The summed E-state index contributed by atoms with van der Waals surface area (Å²) in [6.07, 6.45) is 1.46. The van der Waals surface area contributed by atoms with Gasteiger partial charge in [-0.3, -0.25) is 0 Å². The number of urea groups is 1. The quantitative estimate of drug-likeness (QED) is 0.885.